The molecule has 1 saturated carbocycles. The Labute approximate surface area is 94.6 Å². The summed E-state index contributed by atoms with van der Waals surface area (Å²) in [6.07, 6.45) is 4.87. The first-order valence-electron chi connectivity index (χ1n) is 6.48. The molecule has 0 spiro atoms. The fourth-order valence-corrected chi connectivity index (χ4v) is 2.50. The van der Waals surface area contributed by atoms with Gasteiger partial charge in [-0.3, -0.25) is 0 Å². The minimum absolute atomic E-state index is 0.372. The number of hydrogen-bond donors (Lipinski definition) is 1. The smallest absolute Gasteiger partial charge is 0.0509 e. The molecule has 1 aliphatic carbocycles. The average Bonchev–Trinajstić information content (AvgIpc) is 2.20. The predicted octanol–water partition coefficient (Wildman–Crippen LogP) is 2.81. The molecule has 15 heavy (non-hydrogen) atoms. The Bertz CT molecular complexity index is 170. The fraction of sp³-hybridized carbons (Fsp3) is 1.00. The predicted molar refractivity (Wildman–Crippen MR) is 64.8 cm³/mol. The average molecular weight is 213 g/mol. The summed E-state index contributed by atoms with van der Waals surface area (Å²) in [5.74, 6) is 2.25. The second-order valence-electron chi connectivity index (χ2n) is 5.32. The Hall–Kier alpha value is -0.0800. The zero-order chi connectivity index (χ0) is 11.3. The summed E-state index contributed by atoms with van der Waals surface area (Å²) in [6, 6.07) is 0.372. The topological polar surface area (TPSA) is 35.2 Å². The van der Waals surface area contributed by atoms with Gasteiger partial charge in [-0.25, -0.2) is 0 Å². The van der Waals surface area contributed by atoms with E-state index in [1.807, 2.05) is 0 Å². The molecule has 2 N–H and O–H groups in total. The standard InChI is InChI=1S/C13H27NO/c1-4-7-15-9-12-8-11(10(2)3)5-6-13(12)14/h10-13H,4-9,14H2,1-3H3. The molecule has 0 aromatic carbocycles. The first kappa shape index (κ1) is 13.0. The van der Waals surface area contributed by atoms with E-state index in [0.29, 0.717) is 12.0 Å². The first-order valence-corrected chi connectivity index (χ1v) is 6.48. The molecule has 0 aromatic heterocycles. The second-order valence-corrected chi connectivity index (χ2v) is 5.32. The van der Waals surface area contributed by atoms with Crippen molar-refractivity contribution in [2.75, 3.05) is 13.2 Å². The lowest BCUT2D eigenvalue weighted by molar-refractivity contribution is 0.0583. The Balaban J connectivity index is 2.32. The van der Waals surface area contributed by atoms with Gasteiger partial charge in [-0.2, -0.15) is 0 Å². The quantitative estimate of drug-likeness (QED) is 0.713. The molecular formula is C13H27NO. The highest BCUT2D eigenvalue weighted by Gasteiger charge is 2.29. The van der Waals surface area contributed by atoms with E-state index in [4.69, 9.17) is 10.5 Å². The third kappa shape index (κ3) is 4.12. The van der Waals surface area contributed by atoms with Crippen molar-refractivity contribution in [2.45, 2.75) is 52.5 Å². The first-order chi connectivity index (χ1) is 7.15. The molecule has 0 aliphatic heterocycles. The van der Waals surface area contributed by atoms with Crippen LogP contribution in [0.25, 0.3) is 0 Å². The van der Waals surface area contributed by atoms with Crippen molar-refractivity contribution in [1.29, 1.82) is 0 Å². The Morgan fingerprint density at radius 1 is 1.33 bits per heavy atom. The van der Waals surface area contributed by atoms with Gasteiger partial charge < -0.3 is 10.5 Å². The number of hydrogen-bond acceptors (Lipinski definition) is 2. The fourth-order valence-electron chi connectivity index (χ4n) is 2.50. The molecular weight excluding hydrogens is 186 g/mol. The normalized spacial score (nSPS) is 32.2. The van der Waals surface area contributed by atoms with Crippen LogP contribution in [0.5, 0.6) is 0 Å². The molecule has 0 aromatic rings. The van der Waals surface area contributed by atoms with E-state index < -0.39 is 0 Å². The van der Waals surface area contributed by atoms with Gasteiger partial charge in [0.05, 0.1) is 6.61 Å². The molecule has 2 nitrogen and oxygen atoms in total. The summed E-state index contributed by atoms with van der Waals surface area (Å²) in [6.45, 7) is 8.56. The van der Waals surface area contributed by atoms with Gasteiger partial charge in [0, 0.05) is 12.6 Å². The van der Waals surface area contributed by atoms with E-state index in [9.17, 15) is 0 Å². The number of ether oxygens (including phenoxy) is 1. The van der Waals surface area contributed by atoms with Crippen LogP contribution in [0, 0.1) is 17.8 Å². The maximum atomic E-state index is 6.14. The van der Waals surface area contributed by atoms with Gasteiger partial charge in [0.1, 0.15) is 0 Å². The van der Waals surface area contributed by atoms with E-state index >= 15 is 0 Å². The van der Waals surface area contributed by atoms with Crippen molar-refractivity contribution in [1.82, 2.24) is 0 Å². The molecule has 0 saturated heterocycles. The maximum Gasteiger partial charge on any atom is 0.0509 e. The molecule has 90 valence electrons. The van der Waals surface area contributed by atoms with Gasteiger partial charge in [-0.1, -0.05) is 20.8 Å². The van der Waals surface area contributed by atoms with Crippen LogP contribution < -0.4 is 5.73 Å². The van der Waals surface area contributed by atoms with Crippen LogP contribution in [-0.4, -0.2) is 19.3 Å². The minimum Gasteiger partial charge on any atom is -0.381 e. The summed E-state index contributed by atoms with van der Waals surface area (Å²) in [5, 5.41) is 0. The van der Waals surface area contributed by atoms with Crippen LogP contribution in [-0.2, 0) is 4.74 Å². The van der Waals surface area contributed by atoms with Crippen LogP contribution in [0.4, 0.5) is 0 Å². The molecule has 0 bridgehead atoms. The highest BCUT2D eigenvalue weighted by atomic mass is 16.5. The maximum absolute atomic E-state index is 6.14. The summed E-state index contributed by atoms with van der Waals surface area (Å²) in [5.41, 5.74) is 6.14. The molecule has 2 heteroatoms. The minimum atomic E-state index is 0.372. The highest BCUT2D eigenvalue weighted by molar-refractivity contribution is 4.83. The zero-order valence-corrected chi connectivity index (χ0v) is 10.5. The Kier molecular flexibility index (Phi) is 5.62. The molecule has 3 unspecified atom stereocenters. The SMILES string of the molecule is CCCOCC1CC(C(C)C)CCC1N. The lowest BCUT2D eigenvalue weighted by atomic mass is 9.74. The Morgan fingerprint density at radius 3 is 2.67 bits per heavy atom. The van der Waals surface area contributed by atoms with Crippen LogP contribution >= 0.6 is 0 Å². The summed E-state index contributed by atoms with van der Waals surface area (Å²) in [4.78, 5) is 0. The van der Waals surface area contributed by atoms with Crippen LogP contribution in [0.1, 0.15) is 46.5 Å². The molecule has 1 fully saturated rings. The van der Waals surface area contributed by atoms with Crippen molar-refractivity contribution >= 4 is 0 Å². The van der Waals surface area contributed by atoms with Crippen LogP contribution in [0.3, 0.4) is 0 Å². The number of nitrogens with two attached hydrogens (primary N) is 1. The van der Waals surface area contributed by atoms with E-state index in [-0.39, 0.29) is 0 Å². The van der Waals surface area contributed by atoms with Gasteiger partial charge in [0.25, 0.3) is 0 Å². The molecule has 1 aliphatic rings. The number of rotatable bonds is 5. The molecule has 0 heterocycles. The summed E-state index contributed by atoms with van der Waals surface area (Å²) in [7, 11) is 0. The molecule has 1 rings (SSSR count). The van der Waals surface area contributed by atoms with Gasteiger partial charge in [0.15, 0.2) is 0 Å². The van der Waals surface area contributed by atoms with Crippen molar-refractivity contribution in [3.05, 3.63) is 0 Å². The van der Waals surface area contributed by atoms with Crippen molar-refractivity contribution in [3.8, 4) is 0 Å². The van der Waals surface area contributed by atoms with Crippen LogP contribution in [0.15, 0.2) is 0 Å². The van der Waals surface area contributed by atoms with Crippen molar-refractivity contribution < 1.29 is 4.74 Å². The molecule has 3 atom stereocenters. The third-order valence-electron chi connectivity index (χ3n) is 3.70. The lowest BCUT2D eigenvalue weighted by Gasteiger charge is -2.35. The summed E-state index contributed by atoms with van der Waals surface area (Å²) < 4.78 is 5.64. The third-order valence-corrected chi connectivity index (χ3v) is 3.70. The van der Waals surface area contributed by atoms with Gasteiger partial charge >= 0.3 is 0 Å². The van der Waals surface area contributed by atoms with Gasteiger partial charge in [-0.15, -0.1) is 0 Å². The van der Waals surface area contributed by atoms with E-state index in [2.05, 4.69) is 20.8 Å². The van der Waals surface area contributed by atoms with E-state index in [0.717, 1.165) is 31.5 Å². The zero-order valence-electron chi connectivity index (χ0n) is 10.5. The largest absolute Gasteiger partial charge is 0.381 e. The summed E-state index contributed by atoms with van der Waals surface area (Å²) >= 11 is 0. The van der Waals surface area contributed by atoms with Gasteiger partial charge in [0.2, 0.25) is 0 Å². The Morgan fingerprint density at radius 2 is 2.07 bits per heavy atom. The highest BCUT2D eigenvalue weighted by Crippen LogP contribution is 2.33. The van der Waals surface area contributed by atoms with Crippen molar-refractivity contribution in [2.24, 2.45) is 23.5 Å². The molecule has 0 amide bonds. The lowest BCUT2D eigenvalue weighted by Crippen LogP contribution is -2.39. The van der Waals surface area contributed by atoms with E-state index in [1.54, 1.807) is 0 Å². The second kappa shape index (κ2) is 6.49. The molecule has 0 radical (unpaired) electrons. The van der Waals surface area contributed by atoms with Gasteiger partial charge in [-0.05, 0) is 43.4 Å². The monoisotopic (exact) mass is 213 g/mol. The van der Waals surface area contributed by atoms with Crippen LogP contribution in [0.2, 0.25) is 0 Å². The van der Waals surface area contributed by atoms with Crippen molar-refractivity contribution in [3.63, 3.8) is 0 Å². The van der Waals surface area contributed by atoms with E-state index in [1.165, 1.54) is 19.3 Å².